The Morgan fingerprint density at radius 3 is 2.36 bits per heavy atom. The molecule has 0 aromatic heterocycles. The van der Waals surface area contributed by atoms with Crippen LogP contribution in [0, 0.1) is 0 Å². The van der Waals surface area contributed by atoms with Crippen LogP contribution in [-0.4, -0.2) is 56.0 Å². The van der Waals surface area contributed by atoms with Crippen LogP contribution in [0.1, 0.15) is 0 Å². The van der Waals surface area contributed by atoms with Gasteiger partial charge in [-0.15, -0.1) is 0 Å². The monoisotopic (exact) mass is 222 g/mol. The highest BCUT2D eigenvalue weighted by molar-refractivity contribution is 7.80. The number of nitrogens with zero attached hydrogens (tertiary/aromatic N) is 2. The molecular formula is C7H14N2O4S. The van der Waals surface area contributed by atoms with Crippen molar-refractivity contribution in [3.05, 3.63) is 12.8 Å². The summed E-state index contributed by atoms with van der Waals surface area (Å²) in [7, 11) is -1.55. The van der Waals surface area contributed by atoms with Crippen LogP contribution in [0.25, 0.3) is 0 Å². The third-order valence-electron chi connectivity index (χ3n) is 1.49. The molecule has 0 spiro atoms. The summed E-state index contributed by atoms with van der Waals surface area (Å²) < 4.78 is 33.1. The van der Waals surface area contributed by atoms with Crippen LogP contribution in [-0.2, 0) is 14.6 Å². The van der Waals surface area contributed by atoms with E-state index >= 15 is 0 Å². The Kier molecular flexibility index (Phi) is 5.36. The third kappa shape index (κ3) is 6.58. The molecule has 0 aromatic carbocycles. The van der Waals surface area contributed by atoms with Gasteiger partial charge in [0.25, 0.3) is 0 Å². The maximum atomic E-state index is 9.22. The molecular weight excluding hydrogens is 208 g/mol. The topological polar surface area (TPSA) is 72.7 Å². The fourth-order valence-corrected chi connectivity index (χ4v) is 0.780. The van der Waals surface area contributed by atoms with Crippen molar-refractivity contribution in [1.82, 2.24) is 4.90 Å². The first-order chi connectivity index (χ1) is 6.39. The number of hydrogen-bond donors (Lipinski definition) is 0. The molecule has 0 aliphatic carbocycles. The lowest BCUT2D eigenvalue weighted by molar-refractivity contribution is -0.440. The molecule has 6 nitrogen and oxygen atoms in total. The van der Waals surface area contributed by atoms with Crippen molar-refractivity contribution >= 4 is 16.7 Å². The molecule has 1 aliphatic heterocycles. The van der Waals surface area contributed by atoms with E-state index in [1.54, 1.807) is 0 Å². The Bertz CT molecular complexity index is 310. The van der Waals surface area contributed by atoms with Crippen LogP contribution < -0.4 is 0 Å². The minimum Gasteiger partial charge on any atom is -0.726 e. The minimum atomic E-state index is -4.41. The van der Waals surface area contributed by atoms with Gasteiger partial charge in [0.1, 0.15) is 13.1 Å². The molecule has 0 fully saturated rings. The van der Waals surface area contributed by atoms with Crippen LogP contribution in [0.4, 0.5) is 0 Å². The molecule has 0 radical (unpaired) electrons. The van der Waals surface area contributed by atoms with Crippen LogP contribution in [0.2, 0.25) is 0 Å². The average molecular weight is 222 g/mol. The van der Waals surface area contributed by atoms with Crippen molar-refractivity contribution in [3.8, 4) is 0 Å². The van der Waals surface area contributed by atoms with E-state index in [2.05, 4.69) is 27.3 Å². The van der Waals surface area contributed by atoms with E-state index in [4.69, 9.17) is 0 Å². The van der Waals surface area contributed by atoms with Gasteiger partial charge in [0.15, 0.2) is 0 Å². The Balaban J connectivity index is 0.000000255. The van der Waals surface area contributed by atoms with E-state index in [0.29, 0.717) is 0 Å². The highest BCUT2D eigenvalue weighted by Crippen LogP contribution is 1.88. The van der Waals surface area contributed by atoms with Crippen molar-refractivity contribution < 1.29 is 21.7 Å². The normalized spacial score (nSPS) is 15.6. The lowest BCUT2D eigenvalue weighted by atomic mass is 10.6. The van der Waals surface area contributed by atoms with E-state index in [0.717, 1.165) is 20.2 Å². The Hall–Kier alpha value is -0.920. The van der Waals surface area contributed by atoms with Gasteiger partial charge in [-0.1, -0.05) is 6.58 Å². The summed E-state index contributed by atoms with van der Waals surface area (Å²) >= 11 is 0. The first-order valence-electron chi connectivity index (χ1n) is 3.84. The lowest BCUT2D eigenvalue weighted by Crippen LogP contribution is -2.11. The van der Waals surface area contributed by atoms with E-state index in [1.165, 1.54) is 0 Å². The molecule has 1 rings (SSSR count). The molecule has 0 saturated heterocycles. The molecule has 0 bridgehead atoms. The first-order valence-corrected chi connectivity index (χ1v) is 5.17. The zero-order chi connectivity index (χ0) is 11.2. The van der Waals surface area contributed by atoms with E-state index in [9.17, 15) is 13.0 Å². The molecule has 7 heteroatoms. The second kappa shape index (κ2) is 5.74. The molecule has 0 saturated carbocycles. The minimum absolute atomic E-state index is 0.808. The van der Waals surface area contributed by atoms with Gasteiger partial charge in [-0.2, -0.15) is 0 Å². The van der Waals surface area contributed by atoms with Crippen LogP contribution >= 0.6 is 0 Å². The van der Waals surface area contributed by atoms with Crippen LogP contribution in [0.3, 0.4) is 0 Å². The standard InChI is InChI=1S/C6H11N2.CH4O4S/c1-3-8-5-4-7(2)6-8;1-5-6(2,3)4/h3,6H,1,4-5H2,2H3;1H3,(H,2,3,4)/q+1;/p-1. The molecule has 1 heterocycles. The quantitative estimate of drug-likeness (QED) is 0.348. The summed E-state index contributed by atoms with van der Waals surface area (Å²) in [5, 5.41) is 0. The number of rotatable bonds is 2. The van der Waals surface area contributed by atoms with Crippen molar-refractivity contribution in [1.29, 1.82) is 0 Å². The summed E-state index contributed by atoms with van der Waals surface area (Å²) in [5.41, 5.74) is 0. The van der Waals surface area contributed by atoms with Gasteiger partial charge in [-0.05, 0) is 0 Å². The highest BCUT2D eigenvalue weighted by atomic mass is 32.3. The molecule has 0 unspecified atom stereocenters. The zero-order valence-corrected chi connectivity index (χ0v) is 9.03. The van der Waals surface area contributed by atoms with E-state index in [-0.39, 0.29) is 0 Å². The molecule has 1 aliphatic rings. The predicted octanol–water partition coefficient (Wildman–Crippen LogP) is -0.791. The highest BCUT2D eigenvalue weighted by Gasteiger charge is 2.10. The van der Waals surface area contributed by atoms with E-state index < -0.39 is 10.4 Å². The second-order valence-electron chi connectivity index (χ2n) is 2.59. The van der Waals surface area contributed by atoms with Crippen molar-refractivity contribution in [2.45, 2.75) is 0 Å². The molecule has 82 valence electrons. The van der Waals surface area contributed by atoms with Gasteiger partial charge < -0.3 is 4.55 Å². The molecule has 0 atom stereocenters. The third-order valence-corrected chi connectivity index (χ3v) is 1.90. The van der Waals surface area contributed by atoms with Gasteiger partial charge in [0.05, 0.1) is 20.4 Å². The van der Waals surface area contributed by atoms with Crippen molar-refractivity contribution in [3.63, 3.8) is 0 Å². The van der Waals surface area contributed by atoms with Gasteiger partial charge in [0.2, 0.25) is 16.7 Å². The van der Waals surface area contributed by atoms with Crippen molar-refractivity contribution in [2.75, 3.05) is 27.2 Å². The summed E-state index contributed by atoms with van der Waals surface area (Å²) in [6.07, 6.45) is 3.89. The lowest BCUT2D eigenvalue weighted by Gasteiger charge is -1.98. The molecule has 0 amide bonds. The number of likely N-dealkylation sites (N-methyl/N-ethyl adjacent to an activating group) is 1. The van der Waals surface area contributed by atoms with Gasteiger partial charge in [-0.25, -0.2) is 13.0 Å². The SMILES string of the molecule is C=C[N+]1=CN(C)CC1.COS(=O)(=O)[O-]. The van der Waals surface area contributed by atoms with Gasteiger partial charge in [-0.3, -0.25) is 9.08 Å². The smallest absolute Gasteiger partial charge is 0.238 e. The van der Waals surface area contributed by atoms with Crippen LogP contribution in [0.15, 0.2) is 12.8 Å². The molecule has 0 aromatic rings. The maximum Gasteiger partial charge on any atom is 0.238 e. The van der Waals surface area contributed by atoms with Gasteiger partial charge >= 0.3 is 0 Å². The Morgan fingerprint density at radius 1 is 1.71 bits per heavy atom. The maximum absolute atomic E-state index is 9.22. The van der Waals surface area contributed by atoms with Gasteiger partial charge in [0, 0.05) is 0 Å². The fraction of sp³-hybridized carbons (Fsp3) is 0.571. The Labute approximate surface area is 84.1 Å². The summed E-state index contributed by atoms with van der Waals surface area (Å²) in [4.78, 5) is 2.14. The largest absolute Gasteiger partial charge is 0.726 e. The zero-order valence-electron chi connectivity index (χ0n) is 8.21. The van der Waals surface area contributed by atoms with E-state index in [1.807, 2.05) is 12.5 Å². The molecule has 14 heavy (non-hydrogen) atoms. The predicted molar refractivity (Wildman–Crippen MR) is 50.7 cm³/mol. The summed E-state index contributed by atoms with van der Waals surface area (Å²) in [6, 6.07) is 0. The average Bonchev–Trinajstić information content (AvgIpc) is 2.51. The Morgan fingerprint density at radius 2 is 2.21 bits per heavy atom. The summed E-state index contributed by atoms with van der Waals surface area (Å²) in [6.45, 7) is 5.85. The van der Waals surface area contributed by atoms with Crippen molar-refractivity contribution in [2.24, 2.45) is 0 Å². The van der Waals surface area contributed by atoms with Crippen LogP contribution in [0.5, 0.6) is 0 Å². The first kappa shape index (κ1) is 13.1. The fourth-order valence-electron chi connectivity index (χ4n) is 0.780. The second-order valence-corrected chi connectivity index (χ2v) is 3.74. The number of hydrogen-bond acceptors (Lipinski definition) is 5. The molecule has 0 N–H and O–H groups in total. The summed E-state index contributed by atoms with van der Waals surface area (Å²) in [5.74, 6) is 0.